The van der Waals surface area contributed by atoms with Crippen LogP contribution >= 0.6 is 0 Å². The number of ether oxygens (including phenoxy) is 1. The molecule has 138 valence electrons. The van der Waals surface area contributed by atoms with Crippen molar-refractivity contribution in [1.82, 2.24) is 14.7 Å². The third-order valence-corrected chi connectivity index (χ3v) is 4.67. The minimum atomic E-state index is -0.281. The topological polar surface area (TPSA) is 75.9 Å². The molecular weight excluding hydrogens is 344 g/mol. The summed E-state index contributed by atoms with van der Waals surface area (Å²) in [7, 11) is 1.57. The molecule has 1 atom stereocenters. The van der Waals surface area contributed by atoms with Crippen molar-refractivity contribution in [1.29, 1.82) is 0 Å². The second-order valence-electron chi connectivity index (χ2n) is 6.65. The Labute approximate surface area is 156 Å². The van der Waals surface area contributed by atoms with Crippen LogP contribution in [0.15, 0.2) is 48.8 Å². The number of methoxy groups -OCH3 is 1. The Kier molecular flexibility index (Phi) is 4.27. The molecule has 0 spiro atoms. The highest BCUT2D eigenvalue weighted by atomic mass is 16.5. The second-order valence-corrected chi connectivity index (χ2v) is 6.65. The number of para-hydroxylation sites is 2. The van der Waals surface area contributed by atoms with Gasteiger partial charge in [-0.25, -0.2) is 4.98 Å². The Balaban J connectivity index is 1.49. The predicted octanol–water partition coefficient (Wildman–Crippen LogP) is 2.19. The van der Waals surface area contributed by atoms with Crippen LogP contribution in [-0.4, -0.2) is 40.9 Å². The molecule has 1 aliphatic rings. The monoisotopic (exact) mass is 364 g/mol. The first kappa shape index (κ1) is 17.1. The van der Waals surface area contributed by atoms with Crippen LogP contribution in [0, 0.1) is 6.92 Å². The number of hydrogen-bond acceptors (Lipinski definition) is 4. The number of aromatic nitrogens is 2. The van der Waals surface area contributed by atoms with E-state index in [9.17, 15) is 9.59 Å². The summed E-state index contributed by atoms with van der Waals surface area (Å²) >= 11 is 0. The summed E-state index contributed by atoms with van der Waals surface area (Å²) in [4.78, 5) is 31.0. The molecule has 2 aromatic heterocycles. The number of carbonyl (C=O) groups is 2. The number of amides is 2. The number of nitrogens with one attached hydrogen (secondary N) is 1. The number of hydrogen-bond donors (Lipinski definition) is 1. The lowest BCUT2D eigenvalue weighted by atomic mass is 10.2. The summed E-state index contributed by atoms with van der Waals surface area (Å²) in [6.07, 6.45) is 3.87. The number of rotatable bonds is 4. The van der Waals surface area contributed by atoms with Gasteiger partial charge in [-0.1, -0.05) is 18.2 Å². The third-order valence-electron chi connectivity index (χ3n) is 4.67. The zero-order valence-electron chi connectivity index (χ0n) is 15.2. The number of anilines is 1. The third kappa shape index (κ3) is 3.23. The van der Waals surface area contributed by atoms with E-state index >= 15 is 0 Å². The van der Waals surface area contributed by atoms with Gasteiger partial charge in [-0.05, 0) is 30.7 Å². The van der Waals surface area contributed by atoms with Crippen LogP contribution in [0.4, 0.5) is 5.69 Å². The first-order valence-corrected chi connectivity index (χ1v) is 8.75. The molecule has 3 heterocycles. The first-order chi connectivity index (χ1) is 13.0. The molecular formula is C20H20N4O3. The standard InChI is InChI=1S/C20H20N4O3/c1-13-7-8-18-22-15(12-23(18)10-13)20(26)21-14-9-19(25)24(11-14)16-5-3-4-6-17(16)27-2/h3-8,10,12,14H,9,11H2,1-2H3,(H,21,26)/t14-/m0/s1. The summed E-state index contributed by atoms with van der Waals surface area (Å²) in [5, 5.41) is 2.92. The first-order valence-electron chi connectivity index (χ1n) is 8.75. The summed E-state index contributed by atoms with van der Waals surface area (Å²) in [5.41, 5.74) is 2.85. The fourth-order valence-electron chi connectivity index (χ4n) is 3.36. The maximum Gasteiger partial charge on any atom is 0.271 e. The molecule has 1 saturated heterocycles. The van der Waals surface area contributed by atoms with Gasteiger partial charge < -0.3 is 19.4 Å². The molecule has 2 amide bonds. The highest BCUT2D eigenvalue weighted by Crippen LogP contribution is 2.31. The highest BCUT2D eigenvalue weighted by Gasteiger charge is 2.33. The minimum Gasteiger partial charge on any atom is -0.495 e. The Morgan fingerprint density at radius 1 is 1.22 bits per heavy atom. The highest BCUT2D eigenvalue weighted by molar-refractivity contribution is 5.99. The Bertz CT molecular complexity index is 1030. The van der Waals surface area contributed by atoms with Crippen LogP contribution in [0.2, 0.25) is 0 Å². The zero-order valence-corrected chi connectivity index (χ0v) is 15.2. The van der Waals surface area contributed by atoms with Crippen LogP contribution in [0.1, 0.15) is 22.5 Å². The molecule has 0 bridgehead atoms. The van der Waals surface area contributed by atoms with Crippen LogP contribution in [0.25, 0.3) is 5.65 Å². The molecule has 7 nitrogen and oxygen atoms in total. The molecule has 4 rings (SSSR count). The molecule has 27 heavy (non-hydrogen) atoms. The predicted molar refractivity (Wildman–Crippen MR) is 101 cm³/mol. The van der Waals surface area contributed by atoms with Crippen LogP contribution in [0.3, 0.4) is 0 Å². The van der Waals surface area contributed by atoms with Gasteiger partial charge in [0.05, 0.1) is 18.8 Å². The van der Waals surface area contributed by atoms with Crippen molar-refractivity contribution < 1.29 is 14.3 Å². The summed E-state index contributed by atoms with van der Waals surface area (Å²) < 4.78 is 7.17. The zero-order chi connectivity index (χ0) is 19.0. The van der Waals surface area contributed by atoms with E-state index in [0.717, 1.165) is 5.56 Å². The fraction of sp³-hybridized carbons (Fsp3) is 0.250. The molecule has 1 aromatic carbocycles. The Hall–Kier alpha value is -3.35. The number of imidazole rings is 1. The van der Waals surface area contributed by atoms with Gasteiger partial charge in [-0.15, -0.1) is 0 Å². The van der Waals surface area contributed by atoms with Gasteiger partial charge in [0, 0.05) is 25.4 Å². The van der Waals surface area contributed by atoms with Crippen molar-refractivity contribution >= 4 is 23.1 Å². The molecule has 0 radical (unpaired) electrons. The van der Waals surface area contributed by atoms with Crippen molar-refractivity contribution in [3.63, 3.8) is 0 Å². The molecule has 1 aliphatic heterocycles. The lowest BCUT2D eigenvalue weighted by molar-refractivity contribution is -0.117. The van der Waals surface area contributed by atoms with Crippen molar-refractivity contribution in [3.8, 4) is 5.75 Å². The van der Waals surface area contributed by atoms with Gasteiger partial charge >= 0.3 is 0 Å². The SMILES string of the molecule is COc1ccccc1N1C[C@@H](NC(=O)c2cn3cc(C)ccc3n2)CC1=O. The van der Waals surface area contributed by atoms with Crippen LogP contribution < -0.4 is 15.0 Å². The largest absolute Gasteiger partial charge is 0.495 e. The van der Waals surface area contributed by atoms with Crippen molar-refractivity contribution in [3.05, 3.63) is 60.0 Å². The minimum absolute atomic E-state index is 0.0459. The molecule has 0 unspecified atom stereocenters. The number of pyridine rings is 1. The molecule has 0 saturated carbocycles. The molecule has 1 N–H and O–H groups in total. The smallest absolute Gasteiger partial charge is 0.271 e. The van der Waals surface area contributed by atoms with Gasteiger partial charge in [0.1, 0.15) is 17.1 Å². The van der Waals surface area contributed by atoms with E-state index in [-0.39, 0.29) is 24.3 Å². The number of benzene rings is 1. The van der Waals surface area contributed by atoms with Crippen LogP contribution in [0.5, 0.6) is 5.75 Å². The Morgan fingerprint density at radius 2 is 2.04 bits per heavy atom. The van der Waals surface area contributed by atoms with E-state index < -0.39 is 0 Å². The van der Waals surface area contributed by atoms with E-state index in [1.54, 1.807) is 18.2 Å². The number of nitrogens with zero attached hydrogens (tertiary/aromatic N) is 3. The van der Waals surface area contributed by atoms with Gasteiger partial charge in [0.2, 0.25) is 5.91 Å². The van der Waals surface area contributed by atoms with Gasteiger partial charge in [0.15, 0.2) is 0 Å². The molecule has 1 fully saturated rings. The van der Waals surface area contributed by atoms with E-state index in [2.05, 4.69) is 10.3 Å². The summed E-state index contributed by atoms with van der Waals surface area (Å²) in [6.45, 7) is 2.38. The van der Waals surface area contributed by atoms with E-state index in [0.29, 0.717) is 29.3 Å². The van der Waals surface area contributed by atoms with Crippen molar-refractivity contribution in [2.45, 2.75) is 19.4 Å². The maximum absolute atomic E-state index is 12.6. The quantitative estimate of drug-likeness (QED) is 0.770. The molecule has 3 aromatic rings. The average Bonchev–Trinajstić information content (AvgIpc) is 3.24. The number of fused-ring (bicyclic) bond motifs is 1. The van der Waals surface area contributed by atoms with E-state index in [1.165, 1.54) is 0 Å². The van der Waals surface area contributed by atoms with E-state index in [4.69, 9.17) is 4.74 Å². The van der Waals surface area contributed by atoms with Gasteiger partial charge in [0.25, 0.3) is 5.91 Å². The van der Waals surface area contributed by atoms with Crippen LogP contribution in [-0.2, 0) is 4.79 Å². The second kappa shape index (κ2) is 6.75. The lowest BCUT2D eigenvalue weighted by Crippen LogP contribution is -2.37. The lowest BCUT2D eigenvalue weighted by Gasteiger charge is -2.19. The fourth-order valence-corrected chi connectivity index (χ4v) is 3.36. The summed E-state index contributed by atoms with van der Waals surface area (Å²) in [6, 6.07) is 10.9. The van der Waals surface area contributed by atoms with Gasteiger partial charge in [-0.2, -0.15) is 0 Å². The summed E-state index contributed by atoms with van der Waals surface area (Å²) in [5.74, 6) is 0.306. The van der Waals surface area contributed by atoms with Gasteiger partial charge in [-0.3, -0.25) is 9.59 Å². The number of aryl methyl sites for hydroxylation is 1. The Morgan fingerprint density at radius 3 is 2.85 bits per heavy atom. The van der Waals surface area contributed by atoms with E-state index in [1.807, 2.05) is 53.9 Å². The normalized spacial score (nSPS) is 16.7. The number of carbonyl (C=O) groups excluding carboxylic acids is 2. The van der Waals surface area contributed by atoms with Crippen molar-refractivity contribution in [2.24, 2.45) is 0 Å². The molecule has 0 aliphatic carbocycles. The maximum atomic E-state index is 12.6. The van der Waals surface area contributed by atoms with Crippen molar-refractivity contribution in [2.75, 3.05) is 18.6 Å². The molecule has 7 heteroatoms. The average molecular weight is 364 g/mol.